The van der Waals surface area contributed by atoms with Crippen LogP contribution in [0, 0.1) is 29.4 Å². The first-order chi connectivity index (χ1) is 11.6. The van der Waals surface area contributed by atoms with Crippen LogP contribution in [0.3, 0.4) is 0 Å². The van der Waals surface area contributed by atoms with Gasteiger partial charge >= 0.3 is 0 Å². The highest BCUT2D eigenvalue weighted by Gasteiger charge is 2.18. The topological polar surface area (TPSA) is 0 Å². The van der Waals surface area contributed by atoms with Crippen LogP contribution in [-0.4, -0.2) is 0 Å². The number of rotatable bonds is 1. The third-order valence-corrected chi connectivity index (χ3v) is 4.59. The smallest absolute Gasteiger partial charge is 0.143 e. The van der Waals surface area contributed by atoms with Gasteiger partial charge in [-0.05, 0) is 73.6 Å². The number of benzene rings is 2. The first-order valence-electron chi connectivity index (χ1n) is 7.98. The van der Waals surface area contributed by atoms with Gasteiger partial charge in [0.2, 0.25) is 0 Å². The zero-order chi connectivity index (χ0) is 17.1. The summed E-state index contributed by atoms with van der Waals surface area (Å²) >= 11 is 5.65. The van der Waals surface area contributed by atoms with Crippen LogP contribution in [0.2, 0.25) is 5.02 Å². The van der Waals surface area contributed by atoms with Gasteiger partial charge in [-0.2, -0.15) is 0 Å². The molecular formula is C21H17ClF2. The minimum atomic E-state index is -0.524. The molecule has 0 heterocycles. The summed E-state index contributed by atoms with van der Waals surface area (Å²) in [5.41, 5.74) is 3.05. The predicted molar refractivity (Wildman–Crippen MR) is 94.1 cm³/mol. The lowest BCUT2D eigenvalue weighted by molar-refractivity contribution is 0.544. The van der Waals surface area contributed by atoms with Gasteiger partial charge in [-0.3, -0.25) is 0 Å². The van der Waals surface area contributed by atoms with Crippen LogP contribution in [0.5, 0.6) is 0 Å². The van der Waals surface area contributed by atoms with Crippen molar-refractivity contribution in [1.82, 2.24) is 0 Å². The quantitative estimate of drug-likeness (QED) is 0.460. The van der Waals surface area contributed by atoms with E-state index in [2.05, 4.69) is 24.0 Å². The van der Waals surface area contributed by atoms with E-state index >= 15 is 0 Å². The normalized spacial score (nSPS) is 16.6. The molecule has 2 aromatic rings. The van der Waals surface area contributed by atoms with Gasteiger partial charge < -0.3 is 0 Å². The van der Waals surface area contributed by atoms with Gasteiger partial charge in [0.1, 0.15) is 11.6 Å². The lowest BCUT2D eigenvalue weighted by Crippen LogP contribution is -2.13. The maximum absolute atomic E-state index is 14.3. The van der Waals surface area contributed by atoms with Crippen molar-refractivity contribution in [3.8, 4) is 11.8 Å². The molecule has 0 amide bonds. The Morgan fingerprint density at radius 1 is 1.08 bits per heavy atom. The standard InChI is InChI=1S/C21H17ClF2/c1-2-3-14-4-7-16-12-17(20(23)13-18(16)10-14)8-5-15-6-9-19(22)21(24)11-15/h2-3,6,9,11-14H,4,7,10H2,1H3/b3-2+. The molecule has 0 spiro atoms. The van der Waals surface area contributed by atoms with Gasteiger partial charge in [0.15, 0.2) is 0 Å². The Kier molecular flexibility index (Phi) is 5.02. The highest BCUT2D eigenvalue weighted by molar-refractivity contribution is 6.30. The van der Waals surface area contributed by atoms with E-state index < -0.39 is 5.82 Å². The lowest BCUT2D eigenvalue weighted by Gasteiger charge is -2.22. The molecule has 0 radical (unpaired) electrons. The monoisotopic (exact) mass is 342 g/mol. The summed E-state index contributed by atoms with van der Waals surface area (Å²) in [6.07, 6.45) is 7.10. The van der Waals surface area contributed by atoms with E-state index in [0.29, 0.717) is 17.0 Å². The molecule has 1 atom stereocenters. The average Bonchev–Trinajstić information content (AvgIpc) is 2.56. The van der Waals surface area contributed by atoms with Crippen molar-refractivity contribution >= 4 is 11.6 Å². The van der Waals surface area contributed by atoms with Gasteiger partial charge in [0, 0.05) is 5.56 Å². The van der Waals surface area contributed by atoms with Crippen LogP contribution in [0.25, 0.3) is 0 Å². The van der Waals surface area contributed by atoms with Gasteiger partial charge in [0.05, 0.1) is 10.6 Å². The minimum absolute atomic E-state index is 0.0520. The predicted octanol–water partition coefficient (Wildman–Crippen LogP) is 5.70. The Morgan fingerprint density at radius 2 is 1.92 bits per heavy atom. The zero-order valence-electron chi connectivity index (χ0n) is 13.4. The van der Waals surface area contributed by atoms with Crippen molar-refractivity contribution in [3.05, 3.63) is 81.4 Å². The van der Waals surface area contributed by atoms with E-state index in [0.717, 1.165) is 30.4 Å². The van der Waals surface area contributed by atoms with Crippen LogP contribution in [0.4, 0.5) is 8.78 Å². The number of hydrogen-bond acceptors (Lipinski definition) is 0. The van der Waals surface area contributed by atoms with E-state index in [1.807, 2.05) is 13.0 Å². The third-order valence-electron chi connectivity index (χ3n) is 4.28. The number of fused-ring (bicyclic) bond motifs is 1. The summed E-state index contributed by atoms with van der Waals surface area (Å²) in [7, 11) is 0. The molecule has 24 heavy (non-hydrogen) atoms. The van der Waals surface area contributed by atoms with E-state index in [-0.39, 0.29) is 10.8 Å². The van der Waals surface area contributed by atoms with Crippen molar-refractivity contribution in [3.63, 3.8) is 0 Å². The van der Waals surface area contributed by atoms with Gasteiger partial charge in [-0.1, -0.05) is 35.6 Å². The molecule has 1 aliphatic rings. The Bertz CT molecular complexity index is 856. The molecule has 2 aromatic carbocycles. The second-order valence-corrected chi connectivity index (χ2v) is 6.42. The highest BCUT2D eigenvalue weighted by atomic mass is 35.5. The van der Waals surface area contributed by atoms with Crippen LogP contribution >= 0.6 is 11.6 Å². The molecule has 0 saturated carbocycles. The number of hydrogen-bond donors (Lipinski definition) is 0. The van der Waals surface area contributed by atoms with Gasteiger partial charge in [0.25, 0.3) is 0 Å². The molecule has 3 heteroatoms. The zero-order valence-corrected chi connectivity index (χ0v) is 14.1. The van der Waals surface area contributed by atoms with Crippen molar-refractivity contribution < 1.29 is 8.78 Å². The number of halogens is 3. The van der Waals surface area contributed by atoms with E-state index in [9.17, 15) is 8.78 Å². The van der Waals surface area contributed by atoms with E-state index in [1.54, 1.807) is 12.1 Å². The Labute approximate surface area is 146 Å². The molecule has 0 N–H and O–H groups in total. The van der Waals surface area contributed by atoms with E-state index in [4.69, 9.17) is 11.6 Å². The number of allylic oxidation sites excluding steroid dienone is 2. The molecule has 0 saturated heterocycles. The van der Waals surface area contributed by atoms with Crippen LogP contribution in [0.15, 0.2) is 42.5 Å². The first-order valence-corrected chi connectivity index (χ1v) is 8.36. The minimum Gasteiger partial charge on any atom is -0.206 e. The van der Waals surface area contributed by atoms with Crippen molar-refractivity contribution in [2.75, 3.05) is 0 Å². The molecule has 122 valence electrons. The first kappa shape index (κ1) is 16.7. The molecule has 3 rings (SSSR count). The Balaban J connectivity index is 1.88. The summed E-state index contributed by atoms with van der Waals surface area (Å²) in [4.78, 5) is 0. The second-order valence-electron chi connectivity index (χ2n) is 6.01. The molecular weight excluding hydrogens is 326 g/mol. The molecule has 0 nitrogen and oxygen atoms in total. The fourth-order valence-corrected chi connectivity index (χ4v) is 3.17. The van der Waals surface area contributed by atoms with Gasteiger partial charge in [-0.25, -0.2) is 8.78 Å². The Morgan fingerprint density at radius 3 is 2.67 bits per heavy atom. The highest BCUT2D eigenvalue weighted by Crippen LogP contribution is 2.28. The molecule has 1 unspecified atom stereocenters. The lowest BCUT2D eigenvalue weighted by atomic mass is 9.83. The van der Waals surface area contributed by atoms with Gasteiger partial charge in [-0.15, -0.1) is 0 Å². The largest absolute Gasteiger partial charge is 0.206 e. The van der Waals surface area contributed by atoms with Crippen molar-refractivity contribution in [1.29, 1.82) is 0 Å². The molecule has 0 aliphatic heterocycles. The molecule has 0 aromatic heterocycles. The maximum Gasteiger partial charge on any atom is 0.143 e. The fraction of sp³-hybridized carbons (Fsp3) is 0.238. The summed E-state index contributed by atoms with van der Waals surface area (Å²) in [5.74, 6) is 5.26. The summed E-state index contributed by atoms with van der Waals surface area (Å²) in [6.45, 7) is 2.01. The van der Waals surface area contributed by atoms with Crippen molar-refractivity contribution in [2.24, 2.45) is 5.92 Å². The summed E-state index contributed by atoms with van der Waals surface area (Å²) in [6, 6.07) is 7.75. The summed E-state index contributed by atoms with van der Waals surface area (Å²) < 4.78 is 27.8. The average molecular weight is 343 g/mol. The Hall–Kier alpha value is -2.11. The SMILES string of the molecule is C/C=C/C1CCc2cc(C#Cc3ccc(Cl)c(F)c3)c(F)cc2C1. The van der Waals surface area contributed by atoms with Crippen LogP contribution < -0.4 is 0 Å². The molecule has 0 fully saturated rings. The molecule has 1 aliphatic carbocycles. The van der Waals surface area contributed by atoms with Crippen LogP contribution in [0.1, 0.15) is 35.6 Å². The molecule has 0 bridgehead atoms. The fourth-order valence-electron chi connectivity index (χ4n) is 3.05. The van der Waals surface area contributed by atoms with E-state index in [1.165, 1.54) is 12.1 Å². The second kappa shape index (κ2) is 7.20. The maximum atomic E-state index is 14.3. The summed E-state index contributed by atoms with van der Waals surface area (Å²) in [5, 5.41) is 0.0520. The number of aryl methyl sites for hydroxylation is 1. The van der Waals surface area contributed by atoms with Crippen molar-refractivity contribution in [2.45, 2.75) is 26.2 Å². The van der Waals surface area contributed by atoms with Crippen LogP contribution in [-0.2, 0) is 12.8 Å². The third kappa shape index (κ3) is 3.68.